The van der Waals surface area contributed by atoms with E-state index in [4.69, 9.17) is 15.2 Å². The van der Waals surface area contributed by atoms with Gasteiger partial charge in [-0.3, -0.25) is 9.69 Å². The van der Waals surface area contributed by atoms with E-state index in [1.165, 1.54) is 28.4 Å². The second kappa shape index (κ2) is 7.08. The Morgan fingerprint density at radius 2 is 2.19 bits per heavy atom. The Labute approximate surface area is 158 Å². The first kappa shape index (κ1) is 19.0. The number of carbonyl (C=O) groups is 2. The molecule has 0 aliphatic carbocycles. The third kappa shape index (κ3) is 3.81. The van der Waals surface area contributed by atoms with Crippen LogP contribution in [0.2, 0.25) is 0 Å². The number of ether oxygens (including phenoxy) is 2. The average Bonchev–Trinajstić information content (AvgIpc) is 2.95. The third-order valence-corrected chi connectivity index (χ3v) is 6.02. The molecule has 12 heteroatoms. The average molecular weight is 400 g/mol. The zero-order chi connectivity index (χ0) is 19.1. The van der Waals surface area contributed by atoms with E-state index in [9.17, 15) is 9.59 Å². The lowest BCUT2D eigenvalue weighted by Gasteiger charge is -2.47. The van der Waals surface area contributed by atoms with Gasteiger partial charge >= 0.3 is 6.16 Å². The number of hydrogen-bond acceptors (Lipinski definition) is 10. The fourth-order valence-electron chi connectivity index (χ4n) is 2.37. The van der Waals surface area contributed by atoms with Crippen LogP contribution in [0.1, 0.15) is 20.8 Å². The Balaban J connectivity index is 1.80. The van der Waals surface area contributed by atoms with Crippen LogP contribution in [-0.2, 0) is 21.3 Å². The Kier molecular flexibility index (Phi) is 5.17. The van der Waals surface area contributed by atoms with Crippen LogP contribution >= 0.6 is 23.5 Å². The van der Waals surface area contributed by atoms with Gasteiger partial charge in [-0.1, -0.05) is 11.8 Å². The van der Waals surface area contributed by atoms with Gasteiger partial charge in [-0.25, -0.2) is 9.48 Å². The van der Waals surface area contributed by atoms with Crippen molar-refractivity contribution in [2.24, 2.45) is 12.8 Å². The summed E-state index contributed by atoms with van der Waals surface area (Å²) in [6, 6.07) is -0.589. The van der Waals surface area contributed by atoms with E-state index in [0.29, 0.717) is 16.7 Å². The maximum atomic E-state index is 12.2. The molecular weight excluding hydrogens is 380 g/mol. The van der Waals surface area contributed by atoms with Crippen LogP contribution in [0.4, 0.5) is 4.79 Å². The van der Waals surface area contributed by atoms with Crippen LogP contribution in [0.5, 0.6) is 0 Å². The van der Waals surface area contributed by atoms with Gasteiger partial charge in [-0.15, -0.1) is 16.9 Å². The first-order chi connectivity index (χ1) is 12.2. The van der Waals surface area contributed by atoms with Crippen molar-refractivity contribution in [1.29, 1.82) is 0 Å². The number of fused-ring (bicyclic) bond motifs is 1. The lowest BCUT2D eigenvalue weighted by atomic mass is 10.1. The summed E-state index contributed by atoms with van der Waals surface area (Å²) in [6.07, 6.45) is -0.853. The van der Waals surface area contributed by atoms with Gasteiger partial charge in [0.05, 0.1) is 0 Å². The normalized spacial score (nSPS) is 22.8. The fraction of sp³-hybridized carbons (Fsp3) is 0.643. The van der Waals surface area contributed by atoms with Gasteiger partial charge in [0.1, 0.15) is 17.0 Å². The maximum absolute atomic E-state index is 12.2. The number of tetrazole rings is 1. The summed E-state index contributed by atoms with van der Waals surface area (Å²) >= 11 is 2.92. The lowest BCUT2D eigenvalue weighted by molar-refractivity contribution is -0.145. The monoisotopic (exact) mass is 400 g/mol. The first-order valence-electron chi connectivity index (χ1n) is 7.85. The van der Waals surface area contributed by atoms with Gasteiger partial charge < -0.3 is 15.2 Å². The van der Waals surface area contributed by atoms with Gasteiger partial charge in [-0.2, -0.15) is 0 Å². The van der Waals surface area contributed by atoms with Crippen LogP contribution in [0.3, 0.4) is 0 Å². The van der Waals surface area contributed by atoms with Crippen molar-refractivity contribution in [3.05, 3.63) is 11.5 Å². The van der Waals surface area contributed by atoms with E-state index in [1.807, 2.05) is 0 Å². The number of rotatable bonds is 4. The second-order valence-corrected chi connectivity index (χ2v) is 8.83. The van der Waals surface area contributed by atoms with Crippen LogP contribution < -0.4 is 5.73 Å². The quantitative estimate of drug-likeness (QED) is 0.438. The molecule has 1 fully saturated rings. The minimum atomic E-state index is -0.853. The molecule has 3 heterocycles. The smallest absolute Gasteiger partial charge is 0.428 e. The van der Waals surface area contributed by atoms with Gasteiger partial charge in [0.15, 0.2) is 0 Å². The molecule has 0 radical (unpaired) electrons. The maximum Gasteiger partial charge on any atom is 0.515 e. The third-order valence-electron chi connectivity index (χ3n) is 3.56. The predicted octanol–water partition coefficient (Wildman–Crippen LogP) is 0.708. The number of carbonyl (C=O) groups excluding carboxylic acids is 2. The highest BCUT2D eigenvalue weighted by molar-refractivity contribution is 8.01. The van der Waals surface area contributed by atoms with Crippen LogP contribution in [-0.4, -0.2) is 65.7 Å². The van der Waals surface area contributed by atoms with Crippen molar-refractivity contribution in [3.8, 4) is 0 Å². The minimum absolute atomic E-state index is 0.206. The number of hydrogen-bond donors (Lipinski definition) is 1. The molecule has 1 aromatic rings. The SMILES string of the molecule is Cn1nnnc1SCC1=C(OC(=O)OC(C)(C)C)N2C(=O)C(N)[C@@H]2SC1. The van der Waals surface area contributed by atoms with Crippen molar-refractivity contribution < 1.29 is 19.1 Å². The van der Waals surface area contributed by atoms with E-state index in [0.717, 1.165) is 5.57 Å². The Bertz CT molecular complexity index is 759. The summed E-state index contributed by atoms with van der Waals surface area (Å²) in [5.41, 5.74) is 5.93. The molecule has 26 heavy (non-hydrogen) atoms. The molecule has 2 aliphatic heterocycles. The molecule has 1 saturated heterocycles. The standard InChI is InChI=1S/C14H20N6O4S2/c1-14(2,3)24-13(22)23-10-7(6-26-12-16-17-18-19(12)4)5-25-11-8(15)9(21)20(10)11/h8,11H,5-6,15H2,1-4H3/t8?,11-/m0/s1. The highest BCUT2D eigenvalue weighted by atomic mass is 32.2. The van der Waals surface area contributed by atoms with Crippen molar-refractivity contribution in [1.82, 2.24) is 25.1 Å². The van der Waals surface area contributed by atoms with Gasteiger partial charge in [0.25, 0.3) is 0 Å². The van der Waals surface area contributed by atoms with Crippen molar-refractivity contribution >= 4 is 35.6 Å². The molecule has 0 aromatic carbocycles. The van der Waals surface area contributed by atoms with E-state index in [2.05, 4.69) is 15.5 Å². The predicted molar refractivity (Wildman–Crippen MR) is 94.9 cm³/mol. The molecule has 2 N–H and O–H groups in total. The van der Waals surface area contributed by atoms with Gasteiger partial charge in [0, 0.05) is 24.1 Å². The highest BCUT2D eigenvalue weighted by Gasteiger charge is 2.51. The van der Waals surface area contributed by atoms with Crippen molar-refractivity contribution in [2.45, 2.75) is 42.9 Å². The fourth-order valence-corrected chi connectivity index (χ4v) is 4.61. The molecular formula is C14H20N6O4S2. The zero-order valence-corrected chi connectivity index (χ0v) is 16.5. The number of β-lactam (4-membered cyclic amide) rings is 1. The number of nitrogens with zero attached hydrogens (tertiary/aromatic N) is 5. The summed E-state index contributed by atoms with van der Waals surface area (Å²) in [6.45, 7) is 5.22. The molecule has 2 atom stereocenters. The minimum Gasteiger partial charge on any atom is -0.428 e. The zero-order valence-electron chi connectivity index (χ0n) is 14.8. The van der Waals surface area contributed by atoms with Gasteiger partial charge in [-0.05, 0) is 31.2 Å². The second-order valence-electron chi connectivity index (χ2n) is 6.78. The Morgan fingerprint density at radius 1 is 1.46 bits per heavy atom. The lowest BCUT2D eigenvalue weighted by Crippen LogP contribution is -2.68. The molecule has 1 amide bonds. The summed E-state index contributed by atoms with van der Waals surface area (Å²) in [5.74, 6) is 0.977. The number of nitrogens with two attached hydrogens (primary N) is 1. The molecule has 0 saturated carbocycles. The number of amides is 1. The van der Waals surface area contributed by atoms with E-state index in [1.54, 1.807) is 32.5 Å². The van der Waals surface area contributed by atoms with Crippen LogP contribution in [0, 0.1) is 0 Å². The molecule has 3 rings (SSSR count). The molecule has 10 nitrogen and oxygen atoms in total. The Hall–Kier alpha value is -1.79. The van der Waals surface area contributed by atoms with Crippen LogP contribution in [0.15, 0.2) is 16.6 Å². The highest BCUT2D eigenvalue weighted by Crippen LogP contribution is 2.41. The molecule has 2 aliphatic rings. The van der Waals surface area contributed by atoms with Gasteiger partial charge in [0.2, 0.25) is 16.9 Å². The number of thioether (sulfide) groups is 2. The molecule has 1 aromatic heterocycles. The molecule has 1 unspecified atom stereocenters. The largest absolute Gasteiger partial charge is 0.515 e. The first-order valence-corrected chi connectivity index (χ1v) is 9.89. The van der Waals surface area contributed by atoms with E-state index < -0.39 is 17.8 Å². The Morgan fingerprint density at radius 3 is 2.81 bits per heavy atom. The van der Waals surface area contributed by atoms with E-state index >= 15 is 0 Å². The summed E-state index contributed by atoms with van der Waals surface area (Å²) in [4.78, 5) is 25.7. The summed E-state index contributed by atoms with van der Waals surface area (Å²) < 4.78 is 12.2. The van der Waals surface area contributed by atoms with Crippen molar-refractivity contribution in [3.63, 3.8) is 0 Å². The molecule has 0 bridgehead atoms. The van der Waals surface area contributed by atoms with E-state index in [-0.39, 0.29) is 17.2 Å². The molecule has 142 valence electrons. The topological polar surface area (TPSA) is 125 Å². The van der Waals surface area contributed by atoms with Crippen LogP contribution in [0.25, 0.3) is 0 Å². The number of aromatic nitrogens is 4. The molecule has 0 spiro atoms. The van der Waals surface area contributed by atoms with Crippen molar-refractivity contribution in [2.75, 3.05) is 11.5 Å². The number of aryl methyl sites for hydroxylation is 1. The summed E-state index contributed by atoms with van der Waals surface area (Å²) in [5, 5.41) is 11.7. The summed E-state index contributed by atoms with van der Waals surface area (Å²) in [7, 11) is 1.73.